The zero-order valence-corrected chi connectivity index (χ0v) is 9.27. The summed E-state index contributed by atoms with van der Waals surface area (Å²) in [4.78, 5) is 0. The van der Waals surface area contributed by atoms with E-state index in [1.54, 1.807) is 0 Å². The van der Waals surface area contributed by atoms with Crippen LogP contribution in [0.25, 0.3) is 0 Å². The molecule has 8 heavy (non-hydrogen) atoms. The Morgan fingerprint density at radius 1 is 1.12 bits per heavy atom. The van der Waals surface area contributed by atoms with E-state index in [-0.39, 0.29) is 86.7 Å². The summed E-state index contributed by atoms with van der Waals surface area (Å²) in [6, 6.07) is 0. The van der Waals surface area contributed by atoms with Gasteiger partial charge >= 0.3 is 75.5 Å². The van der Waals surface area contributed by atoms with Gasteiger partial charge in [-0.15, -0.1) is 0 Å². The fraction of sp³-hybridized carbons (Fsp3) is 0. The summed E-state index contributed by atoms with van der Waals surface area (Å²) in [5.41, 5.74) is 0. The fourth-order valence-electron chi connectivity index (χ4n) is 0.0248. The van der Waals surface area contributed by atoms with Crippen molar-refractivity contribution < 1.29 is 29.0 Å². The van der Waals surface area contributed by atoms with Gasteiger partial charge in [0.2, 0.25) is 0 Å². The first-order valence-corrected chi connectivity index (χ1v) is 2.26. The van der Waals surface area contributed by atoms with Gasteiger partial charge in [0.05, 0.1) is 0 Å². The van der Waals surface area contributed by atoms with Crippen LogP contribution in [-0.4, -0.2) is 90.1 Å². The molecule has 0 bridgehead atoms. The maximum atomic E-state index is 7.83. The largest absolute Gasteiger partial charge is 2.00 e. The fourth-order valence-corrected chi connectivity index (χ4v) is 0.224. The molecule has 0 aromatic heterocycles. The summed E-state index contributed by atoms with van der Waals surface area (Å²) in [5, 5.41) is 0. The number of rotatable bonds is 0. The Morgan fingerprint density at radius 3 is 1.25 bits per heavy atom. The smallest absolute Gasteiger partial charge is 1.00 e. The summed E-state index contributed by atoms with van der Waals surface area (Å²) in [6.07, 6.45) is 0. The Morgan fingerprint density at radius 2 is 1.25 bits per heavy atom. The van der Waals surface area contributed by atoms with Crippen LogP contribution in [0.3, 0.4) is 0 Å². The van der Waals surface area contributed by atoms with E-state index >= 15 is 0 Å². The van der Waals surface area contributed by atoms with Gasteiger partial charge in [0, 0.05) is 0 Å². The van der Waals surface area contributed by atoms with Crippen molar-refractivity contribution in [1.29, 1.82) is 0 Å². The number of hydrogen-bond donors (Lipinski definition) is 2. The minimum Gasteiger partial charge on any atom is -1.00 e. The van der Waals surface area contributed by atoms with Crippen LogP contribution in [0.5, 0.6) is 0 Å². The third-order valence-electron chi connectivity index (χ3n) is 0.190. The first-order chi connectivity index (χ1) is 2.21. The van der Waals surface area contributed by atoms with Crippen LogP contribution in [0.4, 0.5) is 0 Å². The van der Waals surface area contributed by atoms with Gasteiger partial charge in [-0.3, -0.25) is 9.11 Å². The van der Waals surface area contributed by atoms with Gasteiger partial charge in [-0.25, -0.2) is 0 Å². The Balaban J connectivity index is -0.00000000714. The third-order valence-corrected chi connectivity index (χ3v) is 0.569. The maximum Gasteiger partial charge on any atom is 2.00 e. The molecular weight excluding hydrogens is 192 g/mol. The van der Waals surface area contributed by atoms with E-state index in [0.29, 0.717) is 0 Å². The molecule has 4 N–H and O–H groups in total. The summed E-state index contributed by atoms with van der Waals surface area (Å²) in [6.45, 7) is 0. The summed E-state index contributed by atoms with van der Waals surface area (Å²) >= 11 is -2.92. The Hall–Kier alpha value is 2.67. The first-order valence-electron chi connectivity index (χ1n) is 0.865. The molecule has 0 amide bonds. The van der Waals surface area contributed by atoms with Crippen molar-refractivity contribution in [1.82, 2.24) is 0 Å². The first kappa shape index (κ1) is 17.0. The molecule has 0 radical (unpaired) electrons. The maximum absolute atomic E-state index is 7.83. The number of hydrogen-bond acceptors (Lipinski definition) is 4. The monoisotopic (exact) mass is 200 g/mol. The van der Waals surface area contributed by atoms with Crippen molar-refractivity contribution in [2.75, 3.05) is 0 Å². The van der Waals surface area contributed by atoms with Crippen molar-refractivity contribution in [3.63, 3.8) is 0 Å². The van der Waals surface area contributed by atoms with Gasteiger partial charge in [0.15, 0.2) is 0 Å². The van der Waals surface area contributed by atoms with E-state index in [0.717, 1.165) is 0 Å². The molecule has 0 aromatic rings. The molecule has 0 saturated carbocycles. The van der Waals surface area contributed by atoms with Crippen molar-refractivity contribution in [2.24, 2.45) is 0 Å². The van der Waals surface area contributed by atoms with E-state index in [2.05, 4.69) is 8.67 Å². The summed E-state index contributed by atoms with van der Waals surface area (Å²) in [7, 11) is 0. The normalized spacial score (nSPS) is 22.8. The predicted octanol–water partition coefficient (Wildman–Crippen LogP) is -0.607. The van der Waals surface area contributed by atoms with E-state index in [4.69, 9.17) is 9.11 Å². The minimum atomic E-state index is -2.92. The standard InChI is InChI=1S/2Ca.H2O4S.H2O.4H/c;;1-5(2)3-4-5;;;;;/h;;1-2H;1H2;;;;/q2*+2;;;4*-1. The van der Waals surface area contributed by atoms with Crippen molar-refractivity contribution >= 4 is 86.6 Å². The van der Waals surface area contributed by atoms with Crippen LogP contribution in [0.1, 0.15) is 5.71 Å². The van der Waals surface area contributed by atoms with Crippen LogP contribution >= 0.6 is 11.2 Å². The summed E-state index contributed by atoms with van der Waals surface area (Å²) in [5.74, 6) is 0. The van der Waals surface area contributed by atoms with E-state index in [1.807, 2.05) is 0 Å². The van der Waals surface area contributed by atoms with Gasteiger partial charge in [0.25, 0.3) is 11.2 Å². The topological polar surface area (TPSA) is 97.0 Å². The molecule has 8 heteroatoms. The van der Waals surface area contributed by atoms with Crippen molar-refractivity contribution in [3.8, 4) is 0 Å². The van der Waals surface area contributed by atoms with Crippen LogP contribution in [0.15, 0.2) is 0 Å². The second-order valence-electron chi connectivity index (χ2n) is 0.584. The quantitative estimate of drug-likeness (QED) is 0.310. The van der Waals surface area contributed by atoms with Crippen molar-refractivity contribution in [2.45, 2.75) is 0 Å². The predicted molar refractivity (Wildman–Crippen MR) is 34.6 cm³/mol. The summed E-state index contributed by atoms with van der Waals surface area (Å²) < 4.78 is 22.8. The second-order valence-corrected chi connectivity index (χ2v) is 1.75. The Bertz CT molecular complexity index is 59.4. The molecule has 0 aromatic carbocycles. The Kier molecular flexibility index (Phi) is 13.5. The molecular formula is H8Ca2O5S. The zero-order valence-electron chi connectivity index (χ0n) is 8.03. The third kappa shape index (κ3) is 8.67. The second kappa shape index (κ2) is 6.38. The molecule has 0 unspecified atom stereocenters. The Labute approximate surface area is 114 Å². The van der Waals surface area contributed by atoms with Gasteiger partial charge in [-0.1, -0.05) is 8.67 Å². The molecule has 48 valence electrons. The SMILES string of the molecule is O.OS1(O)OO1.[Ca+2].[Ca+2].[H-].[H-].[H-].[H-]. The van der Waals surface area contributed by atoms with Gasteiger partial charge in [-0.2, -0.15) is 0 Å². The van der Waals surface area contributed by atoms with Gasteiger partial charge in [-0.05, 0) is 0 Å². The van der Waals surface area contributed by atoms with E-state index in [1.165, 1.54) is 0 Å². The zero-order chi connectivity index (χ0) is 3.91. The minimum absolute atomic E-state index is 0. The molecule has 1 aliphatic rings. The van der Waals surface area contributed by atoms with Gasteiger partial charge < -0.3 is 11.2 Å². The molecule has 1 saturated heterocycles. The van der Waals surface area contributed by atoms with Crippen LogP contribution in [0.2, 0.25) is 0 Å². The van der Waals surface area contributed by atoms with Crippen molar-refractivity contribution in [3.05, 3.63) is 0 Å². The van der Waals surface area contributed by atoms with Crippen LogP contribution in [-0.2, 0) is 8.67 Å². The average Bonchev–Trinajstić information content (AvgIpc) is 1.76. The molecule has 1 rings (SSSR count). The molecule has 5 nitrogen and oxygen atoms in total. The molecule has 0 atom stereocenters. The molecule has 0 aliphatic carbocycles. The van der Waals surface area contributed by atoms with Crippen LogP contribution < -0.4 is 0 Å². The molecule has 1 aliphatic heterocycles. The van der Waals surface area contributed by atoms with E-state index < -0.39 is 11.2 Å². The molecule has 0 spiro atoms. The average molecular weight is 200 g/mol. The van der Waals surface area contributed by atoms with E-state index in [9.17, 15) is 0 Å². The molecule has 1 heterocycles. The van der Waals surface area contributed by atoms with Gasteiger partial charge in [0.1, 0.15) is 0 Å². The molecule has 1 fully saturated rings. The van der Waals surface area contributed by atoms with Crippen LogP contribution in [0, 0.1) is 0 Å².